The monoisotopic (exact) mass is 380 g/mol. The number of amides is 2. The molecular weight excluding hydrogens is 357 g/mol. The third-order valence-electron chi connectivity index (χ3n) is 6.48. The van der Waals surface area contributed by atoms with Crippen LogP contribution in [-0.2, 0) is 16.1 Å². The first-order valence-electron chi connectivity index (χ1n) is 9.49. The van der Waals surface area contributed by atoms with Gasteiger partial charge in [0, 0.05) is 12.2 Å². The molecule has 0 spiro atoms. The third-order valence-corrected chi connectivity index (χ3v) is 6.48. The largest absolute Gasteiger partial charge is 0.471 e. The van der Waals surface area contributed by atoms with Gasteiger partial charge in [-0.2, -0.15) is 13.2 Å². The van der Waals surface area contributed by atoms with Crippen LogP contribution in [0.4, 0.5) is 18.9 Å². The molecule has 2 N–H and O–H groups in total. The quantitative estimate of drug-likeness (QED) is 0.829. The predicted octanol–water partition coefficient (Wildman–Crippen LogP) is 4.02. The first-order valence-corrected chi connectivity index (χ1v) is 9.49. The molecule has 1 aromatic rings. The maximum absolute atomic E-state index is 13.1. The minimum Gasteiger partial charge on any atom is -0.344 e. The summed E-state index contributed by atoms with van der Waals surface area (Å²) in [4.78, 5) is 24.2. The lowest BCUT2D eigenvalue weighted by atomic mass is 9.49. The molecule has 1 aromatic carbocycles. The van der Waals surface area contributed by atoms with Crippen molar-refractivity contribution in [1.29, 1.82) is 0 Å². The highest BCUT2D eigenvalue weighted by molar-refractivity contribution is 5.96. The van der Waals surface area contributed by atoms with Crippen LogP contribution < -0.4 is 10.6 Å². The summed E-state index contributed by atoms with van der Waals surface area (Å²) in [5, 5.41) is 4.83. The third kappa shape index (κ3) is 3.56. The van der Waals surface area contributed by atoms with E-state index in [2.05, 4.69) is 5.32 Å². The average Bonchev–Trinajstić information content (AvgIpc) is 2.58. The lowest BCUT2D eigenvalue weighted by Crippen LogP contribution is -2.51. The van der Waals surface area contributed by atoms with Gasteiger partial charge >= 0.3 is 12.1 Å². The van der Waals surface area contributed by atoms with Crippen molar-refractivity contribution in [3.8, 4) is 0 Å². The summed E-state index contributed by atoms with van der Waals surface area (Å²) < 4.78 is 37.2. The van der Waals surface area contributed by atoms with Gasteiger partial charge in [-0.3, -0.25) is 9.59 Å². The van der Waals surface area contributed by atoms with Crippen LogP contribution in [0.15, 0.2) is 24.3 Å². The molecular formula is C20H23F3N2O2. The van der Waals surface area contributed by atoms with Gasteiger partial charge in [0.2, 0.25) is 5.91 Å². The van der Waals surface area contributed by atoms with E-state index in [1.54, 1.807) is 24.3 Å². The molecule has 4 aliphatic carbocycles. The summed E-state index contributed by atoms with van der Waals surface area (Å²) in [6.45, 7) is -0.282. The number of rotatable bonds is 4. The minimum atomic E-state index is -4.92. The Morgan fingerprint density at radius 1 is 1.00 bits per heavy atom. The zero-order chi connectivity index (χ0) is 19.2. The van der Waals surface area contributed by atoms with E-state index in [0.717, 1.165) is 19.3 Å². The summed E-state index contributed by atoms with van der Waals surface area (Å²) in [6.07, 6.45) is 1.51. The van der Waals surface area contributed by atoms with Crippen molar-refractivity contribution in [3.63, 3.8) is 0 Å². The van der Waals surface area contributed by atoms with E-state index in [9.17, 15) is 22.8 Å². The fraction of sp³-hybridized carbons (Fsp3) is 0.600. The SMILES string of the molecule is O=C(NCc1ccccc1NC(=O)C12CC3CC(CC(C3)C1)C2)C(F)(F)F. The highest BCUT2D eigenvalue weighted by Gasteiger charge is 2.54. The Bertz CT molecular complexity index is 725. The molecule has 2 amide bonds. The standard InChI is InChI=1S/C20H23F3N2O2/c21-20(22,23)18(27)24-11-15-3-1-2-4-16(15)25-17(26)19-8-12-5-13(9-19)7-14(6-12)10-19/h1-4,12-14H,5-11H2,(H,24,27)(H,25,26). The molecule has 4 bridgehead atoms. The molecule has 4 aliphatic rings. The Morgan fingerprint density at radius 3 is 2.11 bits per heavy atom. The van der Waals surface area contributed by atoms with Crippen molar-refractivity contribution < 1.29 is 22.8 Å². The number of benzene rings is 1. The molecule has 4 saturated carbocycles. The number of para-hydroxylation sites is 1. The van der Waals surface area contributed by atoms with Crippen LogP contribution in [-0.4, -0.2) is 18.0 Å². The van der Waals surface area contributed by atoms with Gasteiger partial charge in [-0.25, -0.2) is 0 Å². The number of carbonyl (C=O) groups excluding carboxylic acids is 2. The van der Waals surface area contributed by atoms with Crippen LogP contribution in [0, 0.1) is 23.2 Å². The van der Waals surface area contributed by atoms with E-state index >= 15 is 0 Å². The topological polar surface area (TPSA) is 58.2 Å². The second-order valence-electron chi connectivity index (χ2n) is 8.49. The number of hydrogen-bond donors (Lipinski definition) is 2. The highest BCUT2D eigenvalue weighted by Crippen LogP contribution is 2.60. The molecule has 146 valence electrons. The Kier molecular flexibility index (Phi) is 4.43. The zero-order valence-corrected chi connectivity index (χ0v) is 14.9. The Labute approximate surface area is 155 Å². The maximum Gasteiger partial charge on any atom is 0.471 e. The number of nitrogens with one attached hydrogen (secondary N) is 2. The van der Waals surface area contributed by atoms with Gasteiger partial charge in [-0.05, 0) is 67.9 Å². The van der Waals surface area contributed by atoms with Crippen LogP contribution in [0.2, 0.25) is 0 Å². The summed E-state index contributed by atoms with van der Waals surface area (Å²) >= 11 is 0. The molecule has 0 aromatic heterocycles. The lowest BCUT2D eigenvalue weighted by Gasteiger charge is -2.55. The lowest BCUT2D eigenvalue weighted by molar-refractivity contribution is -0.173. The van der Waals surface area contributed by atoms with Crippen molar-refractivity contribution >= 4 is 17.5 Å². The molecule has 0 heterocycles. The first-order chi connectivity index (χ1) is 12.7. The highest BCUT2D eigenvalue weighted by atomic mass is 19.4. The predicted molar refractivity (Wildman–Crippen MR) is 93.6 cm³/mol. The van der Waals surface area contributed by atoms with E-state index in [-0.39, 0.29) is 17.9 Å². The van der Waals surface area contributed by atoms with Gasteiger partial charge in [0.25, 0.3) is 0 Å². The number of anilines is 1. The summed E-state index contributed by atoms with van der Waals surface area (Å²) in [7, 11) is 0. The smallest absolute Gasteiger partial charge is 0.344 e. The Balaban J connectivity index is 1.47. The van der Waals surface area contributed by atoms with Gasteiger partial charge in [0.05, 0.1) is 5.41 Å². The number of alkyl halides is 3. The minimum absolute atomic E-state index is 0.0174. The molecule has 0 atom stereocenters. The fourth-order valence-electron chi connectivity index (χ4n) is 5.72. The van der Waals surface area contributed by atoms with Crippen LogP contribution >= 0.6 is 0 Å². The summed E-state index contributed by atoms with van der Waals surface area (Å²) in [6, 6.07) is 6.69. The number of hydrogen-bond acceptors (Lipinski definition) is 2. The molecule has 7 heteroatoms. The molecule has 5 rings (SSSR count). The van der Waals surface area contributed by atoms with E-state index in [1.807, 2.05) is 5.32 Å². The van der Waals surface area contributed by atoms with E-state index in [0.29, 0.717) is 29.0 Å². The van der Waals surface area contributed by atoms with E-state index in [4.69, 9.17) is 0 Å². The van der Waals surface area contributed by atoms with Crippen molar-refractivity contribution in [1.82, 2.24) is 5.32 Å². The second kappa shape index (κ2) is 6.53. The van der Waals surface area contributed by atoms with Gasteiger partial charge in [0.1, 0.15) is 0 Å². The van der Waals surface area contributed by atoms with Crippen molar-refractivity contribution in [2.24, 2.45) is 23.2 Å². The fourth-order valence-corrected chi connectivity index (χ4v) is 5.72. The molecule has 4 fully saturated rings. The van der Waals surface area contributed by atoms with Crippen molar-refractivity contribution in [3.05, 3.63) is 29.8 Å². The molecule has 4 nitrogen and oxygen atoms in total. The summed E-state index contributed by atoms with van der Waals surface area (Å²) in [5.41, 5.74) is 0.603. The second-order valence-corrected chi connectivity index (χ2v) is 8.49. The van der Waals surface area contributed by atoms with Crippen LogP contribution in [0.1, 0.15) is 44.1 Å². The Morgan fingerprint density at radius 2 is 1.56 bits per heavy atom. The summed E-state index contributed by atoms with van der Waals surface area (Å²) in [5.74, 6) is -0.115. The molecule has 27 heavy (non-hydrogen) atoms. The van der Waals surface area contributed by atoms with Crippen molar-refractivity contribution in [2.75, 3.05) is 5.32 Å². The molecule has 0 aliphatic heterocycles. The van der Waals surface area contributed by atoms with Gasteiger partial charge in [0.15, 0.2) is 0 Å². The van der Waals surface area contributed by atoms with Crippen LogP contribution in [0.3, 0.4) is 0 Å². The number of carbonyl (C=O) groups is 2. The molecule has 0 radical (unpaired) electrons. The van der Waals surface area contributed by atoms with E-state index < -0.39 is 12.1 Å². The normalized spacial score (nSPS) is 31.6. The van der Waals surface area contributed by atoms with Crippen LogP contribution in [0.5, 0.6) is 0 Å². The average molecular weight is 380 g/mol. The number of halogens is 3. The van der Waals surface area contributed by atoms with Gasteiger partial charge in [-0.15, -0.1) is 0 Å². The van der Waals surface area contributed by atoms with E-state index in [1.165, 1.54) is 19.3 Å². The maximum atomic E-state index is 13.1. The van der Waals surface area contributed by atoms with Gasteiger partial charge < -0.3 is 10.6 Å². The van der Waals surface area contributed by atoms with Crippen molar-refractivity contribution in [2.45, 2.75) is 51.2 Å². The zero-order valence-electron chi connectivity index (χ0n) is 14.9. The molecule has 0 saturated heterocycles. The van der Waals surface area contributed by atoms with Crippen LogP contribution in [0.25, 0.3) is 0 Å². The molecule has 0 unspecified atom stereocenters. The Hall–Kier alpha value is -2.05. The van der Waals surface area contributed by atoms with Gasteiger partial charge in [-0.1, -0.05) is 18.2 Å². The first kappa shape index (κ1) is 18.3.